The third-order valence-corrected chi connectivity index (χ3v) is 6.03. The summed E-state index contributed by atoms with van der Waals surface area (Å²) in [5, 5.41) is 14.5. The van der Waals surface area contributed by atoms with Gasteiger partial charge in [-0.25, -0.2) is 8.42 Å². The summed E-state index contributed by atoms with van der Waals surface area (Å²) in [5.74, 6) is 0. The molecule has 120 valence electrons. The summed E-state index contributed by atoms with van der Waals surface area (Å²) in [4.78, 5) is 10.2. The molecule has 1 aliphatic carbocycles. The lowest BCUT2D eigenvalue weighted by molar-refractivity contribution is -0.387. The number of sulfonamides is 1. The van der Waals surface area contributed by atoms with E-state index in [9.17, 15) is 18.5 Å². The van der Waals surface area contributed by atoms with E-state index in [-0.39, 0.29) is 16.6 Å². The van der Waals surface area contributed by atoms with Crippen molar-refractivity contribution in [3.8, 4) is 0 Å². The first-order chi connectivity index (χ1) is 10.5. The fourth-order valence-electron chi connectivity index (χ4n) is 2.85. The van der Waals surface area contributed by atoms with Gasteiger partial charge in [0.15, 0.2) is 4.90 Å². The normalized spacial score (nSPS) is 23.4. The van der Waals surface area contributed by atoms with Crippen molar-refractivity contribution in [2.45, 2.75) is 42.7 Å². The van der Waals surface area contributed by atoms with E-state index in [0.717, 1.165) is 25.7 Å². The van der Waals surface area contributed by atoms with Gasteiger partial charge in [0.05, 0.1) is 4.92 Å². The van der Waals surface area contributed by atoms with Gasteiger partial charge in [-0.15, -0.1) is 0 Å². The molecule has 1 N–H and O–H groups in total. The van der Waals surface area contributed by atoms with Gasteiger partial charge in [-0.1, -0.05) is 12.1 Å². The van der Waals surface area contributed by atoms with Crippen LogP contribution >= 0.6 is 0 Å². The third-order valence-electron chi connectivity index (χ3n) is 4.11. The molecule has 2 fully saturated rings. The van der Waals surface area contributed by atoms with Crippen LogP contribution in [-0.4, -0.2) is 42.8 Å². The van der Waals surface area contributed by atoms with Crippen molar-refractivity contribution >= 4 is 15.7 Å². The van der Waals surface area contributed by atoms with E-state index in [0.29, 0.717) is 19.1 Å². The number of benzene rings is 1. The number of rotatable bonds is 5. The highest BCUT2D eigenvalue weighted by Gasteiger charge is 2.36. The molecule has 1 heterocycles. The highest BCUT2D eigenvalue weighted by Crippen LogP contribution is 2.29. The van der Waals surface area contributed by atoms with Crippen LogP contribution in [0, 0.1) is 10.1 Å². The molecule has 8 heteroatoms. The van der Waals surface area contributed by atoms with Gasteiger partial charge in [-0.2, -0.15) is 4.31 Å². The molecule has 3 rings (SSSR count). The van der Waals surface area contributed by atoms with Crippen LogP contribution in [0.4, 0.5) is 5.69 Å². The minimum absolute atomic E-state index is 0.138. The Bertz CT molecular complexity index is 672. The van der Waals surface area contributed by atoms with Gasteiger partial charge in [-0.05, 0) is 31.7 Å². The standard InChI is InChI=1S/C14H19N3O4S/c18-17(19)13-5-1-2-6-14(13)22(20,21)16-9-3-4-12(10-16)15-11-7-8-11/h1-2,5-6,11-12,15H,3-4,7-10H2/t12-/m1/s1. The summed E-state index contributed by atoms with van der Waals surface area (Å²) in [7, 11) is -3.83. The zero-order valence-corrected chi connectivity index (χ0v) is 13.0. The molecular formula is C14H19N3O4S. The van der Waals surface area contributed by atoms with Crippen molar-refractivity contribution in [1.82, 2.24) is 9.62 Å². The predicted molar refractivity (Wildman–Crippen MR) is 81.0 cm³/mol. The highest BCUT2D eigenvalue weighted by atomic mass is 32.2. The summed E-state index contributed by atoms with van der Waals surface area (Å²) in [6, 6.07) is 6.19. The molecule has 0 unspecified atom stereocenters. The number of hydrogen-bond acceptors (Lipinski definition) is 5. The second-order valence-electron chi connectivity index (χ2n) is 5.87. The summed E-state index contributed by atoms with van der Waals surface area (Å²) in [5.41, 5.74) is -0.361. The molecule has 0 aromatic heterocycles. The Labute approximate surface area is 129 Å². The van der Waals surface area contributed by atoms with Crippen LogP contribution in [0.5, 0.6) is 0 Å². The van der Waals surface area contributed by atoms with Crippen molar-refractivity contribution in [1.29, 1.82) is 0 Å². The fraction of sp³-hybridized carbons (Fsp3) is 0.571. The number of nitro benzene ring substituents is 1. The average molecular weight is 325 g/mol. The Hall–Kier alpha value is -1.51. The molecule has 0 radical (unpaired) electrons. The topological polar surface area (TPSA) is 92.5 Å². The SMILES string of the molecule is O=[N+]([O-])c1ccccc1S(=O)(=O)N1CCC[C@@H](NC2CC2)C1. The molecule has 7 nitrogen and oxygen atoms in total. The average Bonchev–Trinajstić information content (AvgIpc) is 3.31. The quantitative estimate of drug-likeness (QED) is 0.654. The van der Waals surface area contributed by atoms with E-state index in [2.05, 4.69) is 5.32 Å². The molecule has 0 amide bonds. The lowest BCUT2D eigenvalue weighted by Crippen LogP contribution is -2.48. The van der Waals surface area contributed by atoms with Crippen LogP contribution in [-0.2, 0) is 10.0 Å². The van der Waals surface area contributed by atoms with E-state index >= 15 is 0 Å². The van der Waals surface area contributed by atoms with E-state index < -0.39 is 14.9 Å². The summed E-state index contributed by atoms with van der Waals surface area (Å²) in [6.45, 7) is 0.794. The molecule has 1 saturated heterocycles. The number of para-hydroxylation sites is 1. The third kappa shape index (κ3) is 3.13. The Morgan fingerprint density at radius 2 is 1.91 bits per heavy atom. The summed E-state index contributed by atoms with van der Waals surface area (Å²) < 4.78 is 26.9. The van der Waals surface area contributed by atoms with Crippen LogP contribution in [0.1, 0.15) is 25.7 Å². The lowest BCUT2D eigenvalue weighted by Gasteiger charge is -2.32. The van der Waals surface area contributed by atoms with Crippen molar-refractivity contribution < 1.29 is 13.3 Å². The highest BCUT2D eigenvalue weighted by molar-refractivity contribution is 7.89. The first kappa shape index (κ1) is 15.4. The van der Waals surface area contributed by atoms with E-state index in [1.807, 2.05) is 0 Å². The van der Waals surface area contributed by atoms with Crippen molar-refractivity contribution in [3.05, 3.63) is 34.4 Å². The van der Waals surface area contributed by atoms with Gasteiger partial charge in [0.1, 0.15) is 0 Å². The molecule has 2 aliphatic rings. The van der Waals surface area contributed by atoms with Crippen LogP contribution in [0.25, 0.3) is 0 Å². The number of hydrogen-bond donors (Lipinski definition) is 1. The van der Waals surface area contributed by atoms with Crippen molar-refractivity contribution in [3.63, 3.8) is 0 Å². The van der Waals surface area contributed by atoms with E-state index in [4.69, 9.17) is 0 Å². The Balaban J connectivity index is 1.84. The second-order valence-corrected chi connectivity index (χ2v) is 7.77. The minimum Gasteiger partial charge on any atom is -0.310 e. The largest absolute Gasteiger partial charge is 0.310 e. The minimum atomic E-state index is -3.83. The van der Waals surface area contributed by atoms with Gasteiger partial charge >= 0.3 is 0 Å². The van der Waals surface area contributed by atoms with Crippen LogP contribution in [0.2, 0.25) is 0 Å². The number of piperidine rings is 1. The summed E-state index contributed by atoms with van der Waals surface area (Å²) in [6.07, 6.45) is 4.00. The van der Waals surface area contributed by atoms with Gasteiger partial charge in [0, 0.05) is 31.2 Å². The molecule has 22 heavy (non-hydrogen) atoms. The maximum Gasteiger partial charge on any atom is 0.289 e. The zero-order chi connectivity index (χ0) is 15.7. The molecule has 1 aromatic rings. The molecule has 0 bridgehead atoms. The Morgan fingerprint density at radius 3 is 2.59 bits per heavy atom. The van der Waals surface area contributed by atoms with Crippen LogP contribution < -0.4 is 5.32 Å². The molecule has 1 aromatic carbocycles. The number of nitro groups is 1. The summed E-state index contributed by atoms with van der Waals surface area (Å²) >= 11 is 0. The zero-order valence-electron chi connectivity index (χ0n) is 12.1. The van der Waals surface area contributed by atoms with E-state index in [1.54, 1.807) is 0 Å². The monoisotopic (exact) mass is 325 g/mol. The first-order valence-electron chi connectivity index (χ1n) is 7.48. The smallest absolute Gasteiger partial charge is 0.289 e. The van der Waals surface area contributed by atoms with Crippen LogP contribution in [0.3, 0.4) is 0 Å². The predicted octanol–water partition coefficient (Wildman–Crippen LogP) is 1.50. The fourth-order valence-corrected chi connectivity index (χ4v) is 4.53. The number of nitrogens with zero attached hydrogens (tertiary/aromatic N) is 2. The van der Waals surface area contributed by atoms with E-state index in [1.165, 1.54) is 28.6 Å². The molecule has 1 atom stereocenters. The lowest BCUT2D eigenvalue weighted by atomic mass is 10.1. The molecule has 1 saturated carbocycles. The molecule has 1 aliphatic heterocycles. The number of nitrogens with one attached hydrogen (secondary N) is 1. The maximum absolute atomic E-state index is 12.8. The van der Waals surface area contributed by atoms with Crippen molar-refractivity contribution in [2.24, 2.45) is 0 Å². The van der Waals surface area contributed by atoms with Gasteiger partial charge in [0.25, 0.3) is 5.69 Å². The van der Waals surface area contributed by atoms with Crippen LogP contribution in [0.15, 0.2) is 29.2 Å². The second kappa shape index (κ2) is 5.94. The van der Waals surface area contributed by atoms with Gasteiger partial charge in [0.2, 0.25) is 10.0 Å². The first-order valence-corrected chi connectivity index (χ1v) is 8.92. The molecular weight excluding hydrogens is 306 g/mol. The van der Waals surface area contributed by atoms with Gasteiger partial charge in [-0.3, -0.25) is 10.1 Å². The van der Waals surface area contributed by atoms with Crippen molar-refractivity contribution in [2.75, 3.05) is 13.1 Å². The molecule has 0 spiro atoms. The maximum atomic E-state index is 12.8. The Kier molecular flexibility index (Phi) is 4.16. The Morgan fingerprint density at radius 1 is 1.18 bits per heavy atom. The van der Waals surface area contributed by atoms with Gasteiger partial charge < -0.3 is 5.32 Å².